The van der Waals surface area contributed by atoms with Gasteiger partial charge in [0.15, 0.2) is 5.78 Å². The van der Waals surface area contributed by atoms with Crippen LogP contribution in [0.2, 0.25) is 0 Å². The van der Waals surface area contributed by atoms with Gasteiger partial charge in [-0.3, -0.25) is 4.79 Å². The summed E-state index contributed by atoms with van der Waals surface area (Å²) in [6, 6.07) is 9.09. The van der Waals surface area contributed by atoms with Crippen LogP contribution >= 0.6 is 54.5 Å². The topological polar surface area (TPSA) is 42.9 Å². The van der Waals surface area contributed by atoms with Crippen LogP contribution in [0.25, 0.3) is 0 Å². The molecule has 0 fully saturated rings. The van der Waals surface area contributed by atoms with Crippen molar-refractivity contribution in [3.8, 4) is 0 Å². The van der Waals surface area contributed by atoms with Crippen molar-refractivity contribution in [2.75, 3.05) is 0 Å². The van der Waals surface area contributed by atoms with E-state index in [0.717, 1.165) is 3.57 Å². The maximum absolute atomic E-state index is 12.3. The quantitative estimate of drug-likeness (QED) is 0.498. The fourth-order valence-electron chi connectivity index (χ4n) is 1.30. The summed E-state index contributed by atoms with van der Waals surface area (Å²) < 4.78 is 1.78. The molecule has 0 saturated heterocycles. The maximum atomic E-state index is 12.3. The Kier molecular flexibility index (Phi) is 4.26. The first-order valence-electron chi connectivity index (χ1n) is 4.58. The van der Waals surface area contributed by atoms with E-state index in [-0.39, 0.29) is 5.78 Å². The van der Waals surface area contributed by atoms with E-state index < -0.39 is 0 Å². The minimum atomic E-state index is -0.0718. The first kappa shape index (κ1) is 13.1. The molecule has 0 saturated carbocycles. The second-order valence-electron chi connectivity index (χ2n) is 3.17. The van der Waals surface area contributed by atoms with Crippen molar-refractivity contribution in [3.63, 3.8) is 0 Å². The number of carbonyl (C=O) groups excluding carboxylic acids is 1. The standard InChI is InChI=1S/C11H5Br2IN2O/c12-10-7(8(14)11(13)16-15-10)9(17)6-4-2-1-3-5-6/h1-5H. The molecule has 6 heteroatoms. The van der Waals surface area contributed by atoms with E-state index in [9.17, 15) is 4.79 Å². The molecule has 0 bridgehead atoms. The Morgan fingerprint density at radius 1 is 1.06 bits per heavy atom. The highest BCUT2D eigenvalue weighted by atomic mass is 127. The smallest absolute Gasteiger partial charge is 0.196 e. The lowest BCUT2D eigenvalue weighted by molar-refractivity contribution is 0.103. The summed E-state index contributed by atoms with van der Waals surface area (Å²) in [6.07, 6.45) is 0. The van der Waals surface area contributed by atoms with Crippen molar-refractivity contribution in [3.05, 3.63) is 54.2 Å². The molecule has 0 aliphatic rings. The highest BCUT2D eigenvalue weighted by Gasteiger charge is 2.19. The Balaban J connectivity index is 2.56. The average molecular weight is 468 g/mol. The predicted octanol–water partition coefficient (Wildman–Crippen LogP) is 3.84. The number of halogens is 3. The van der Waals surface area contributed by atoms with Gasteiger partial charge in [-0.05, 0) is 54.5 Å². The number of hydrogen-bond acceptors (Lipinski definition) is 3. The number of ketones is 1. The number of nitrogens with zero attached hydrogens (tertiary/aromatic N) is 2. The molecule has 0 amide bonds. The fourth-order valence-corrected chi connectivity index (χ4v) is 3.02. The first-order valence-corrected chi connectivity index (χ1v) is 7.24. The van der Waals surface area contributed by atoms with Crippen molar-refractivity contribution in [2.45, 2.75) is 0 Å². The summed E-state index contributed by atoms with van der Waals surface area (Å²) in [7, 11) is 0. The molecule has 0 N–H and O–H groups in total. The monoisotopic (exact) mass is 466 g/mol. The Labute approximate surface area is 128 Å². The van der Waals surface area contributed by atoms with Crippen LogP contribution in [0, 0.1) is 3.57 Å². The third-order valence-corrected chi connectivity index (χ3v) is 5.00. The fraction of sp³-hybridized carbons (Fsp3) is 0. The van der Waals surface area contributed by atoms with E-state index in [2.05, 4.69) is 64.6 Å². The van der Waals surface area contributed by atoms with Gasteiger partial charge in [-0.1, -0.05) is 30.3 Å². The van der Waals surface area contributed by atoms with Gasteiger partial charge in [0, 0.05) is 5.56 Å². The zero-order valence-electron chi connectivity index (χ0n) is 8.32. The molecule has 0 spiro atoms. The molecule has 1 aromatic carbocycles. The largest absolute Gasteiger partial charge is 0.288 e. The molecule has 0 radical (unpaired) electrons. The zero-order chi connectivity index (χ0) is 12.4. The highest BCUT2D eigenvalue weighted by molar-refractivity contribution is 14.1. The Hall–Kier alpha value is -0.340. The Bertz CT molecular complexity index is 575. The maximum Gasteiger partial charge on any atom is 0.196 e. The minimum Gasteiger partial charge on any atom is -0.288 e. The van der Waals surface area contributed by atoms with Crippen LogP contribution in [0.4, 0.5) is 0 Å². The predicted molar refractivity (Wildman–Crippen MR) is 80.0 cm³/mol. The van der Waals surface area contributed by atoms with E-state index in [4.69, 9.17) is 0 Å². The second kappa shape index (κ2) is 5.53. The average Bonchev–Trinajstić information content (AvgIpc) is 2.35. The van der Waals surface area contributed by atoms with Gasteiger partial charge in [0.2, 0.25) is 0 Å². The molecule has 0 atom stereocenters. The molecular formula is C11H5Br2IN2O. The van der Waals surface area contributed by atoms with Crippen LogP contribution < -0.4 is 0 Å². The molecule has 0 aliphatic carbocycles. The number of hydrogen-bond donors (Lipinski definition) is 0. The van der Waals surface area contributed by atoms with Crippen LogP contribution in [0.1, 0.15) is 15.9 Å². The first-order chi connectivity index (χ1) is 8.11. The molecule has 0 aliphatic heterocycles. The van der Waals surface area contributed by atoms with Gasteiger partial charge in [-0.25, -0.2) is 0 Å². The van der Waals surface area contributed by atoms with Gasteiger partial charge in [0.1, 0.15) is 9.21 Å². The zero-order valence-corrected chi connectivity index (χ0v) is 13.7. The van der Waals surface area contributed by atoms with Gasteiger partial charge in [-0.15, -0.1) is 10.2 Å². The molecule has 86 valence electrons. The van der Waals surface area contributed by atoms with E-state index in [1.165, 1.54) is 0 Å². The normalized spacial score (nSPS) is 10.3. The number of carbonyl (C=O) groups is 1. The number of rotatable bonds is 2. The van der Waals surface area contributed by atoms with Gasteiger partial charge >= 0.3 is 0 Å². The summed E-state index contributed by atoms with van der Waals surface area (Å²) in [6.45, 7) is 0. The summed E-state index contributed by atoms with van der Waals surface area (Å²) in [5.41, 5.74) is 1.16. The van der Waals surface area contributed by atoms with Gasteiger partial charge in [0.05, 0.1) is 9.13 Å². The molecule has 1 heterocycles. The molecule has 2 rings (SSSR count). The molecule has 1 aromatic heterocycles. The summed E-state index contributed by atoms with van der Waals surface area (Å²) in [5.74, 6) is -0.0718. The van der Waals surface area contributed by atoms with Crippen molar-refractivity contribution >= 4 is 60.2 Å². The molecular weight excluding hydrogens is 463 g/mol. The number of aromatic nitrogens is 2. The second-order valence-corrected chi connectivity index (χ2v) is 5.75. The minimum absolute atomic E-state index is 0.0718. The van der Waals surface area contributed by atoms with Crippen molar-refractivity contribution in [1.29, 1.82) is 0 Å². The van der Waals surface area contributed by atoms with E-state index >= 15 is 0 Å². The lowest BCUT2D eigenvalue weighted by Crippen LogP contribution is -2.08. The third-order valence-electron chi connectivity index (χ3n) is 2.10. The van der Waals surface area contributed by atoms with E-state index in [1.807, 2.05) is 18.2 Å². The highest BCUT2D eigenvalue weighted by Crippen LogP contribution is 2.27. The van der Waals surface area contributed by atoms with Gasteiger partial charge < -0.3 is 0 Å². The SMILES string of the molecule is O=C(c1ccccc1)c1c(Br)nnc(Br)c1I. The molecule has 17 heavy (non-hydrogen) atoms. The van der Waals surface area contributed by atoms with Crippen molar-refractivity contribution in [2.24, 2.45) is 0 Å². The lowest BCUT2D eigenvalue weighted by Gasteiger charge is -2.06. The van der Waals surface area contributed by atoms with Crippen LogP contribution in [-0.4, -0.2) is 16.0 Å². The molecule has 0 unspecified atom stereocenters. The summed E-state index contributed by atoms with van der Waals surface area (Å²) in [4.78, 5) is 12.3. The van der Waals surface area contributed by atoms with Crippen LogP contribution in [0.3, 0.4) is 0 Å². The van der Waals surface area contributed by atoms with Crippen LogP contribution in [0.5, 0.6) is 0 Å². The van der Waals surface area contributed by atoms with E-state index in [0.29, 0.717) is 20.3 Å². The lowest BCUT2D eigenvalue weighted by atomic mass is 10.1. The summed E-state index contributed by atoms with van der Waals surface area (Å²) >= 11 is 8.60. The van der Waals surface area contributed by atoms with Crippen LogP contribution in [0.15, 0.2) is 39.5 Å². The number of benzene rings is 1. The Morgan fingerprint density at radius 2 is 1.65 bits per heavy atom. The van der Waals surface area contributed by atoms with Crippen LogP contribution in [-0.2, 0) is 0 Å². The third kappa shape index (κ3) is 2.74. The molecule has 3 nitrogen and oxygen atoms in total. The molecule has 2 aromatic rings. The van der Waals surface area contributed by atoms with E-state index in [1.54, 1.807) is 12.1 Å². The van der Waals surface area contributed by atoms with Crippen molar-refractivity contribution < 1.29 is 4.79 Å². The Morgan fingerprint density at radius 3 is 2.29 bits per heavy atom. The van der Waals surface area contributed by atoms with Crippen molar-refractivity contribution in [1.82, 2.24) is 10.2 Å². The van der Waals surface area contributed by atoms with Gasteiger partial charge in [0.25, 0.3) is 0 Å². The summed E-state index contributed by atoms with van der Waals surface area (Å²) in [5, 5.41) is 7.76. The van der Waals surface area contributed by atoms with Gasteiger partial charge in [-0.2, -0.15) is 0 Å².